The van der Waals surface area contributed by atoms with Gasteiger partial charge >= 0.3 is 0 Å². The highest BCUT2D eigenvalue weighted by atomic mass is 32.2. The molecular formula is C27H40N4O2S2. The zero-order valence-electron chi connectivity index (χ0n) is 21.2. The molecule has 192 valence electrons. The molecule has 2 aliphatic carbocycles. The van der Waals surface area contributed by atoms with Gasteiger partial charge in [0.05, 0.1) is 22.4 Å². The van der Waals surface area contributed by atoms with E-state index in [0.717, 1.165) is 72.8 Å². The summed E-state index contributed by atoms with van der Waals surface area (Å²) in [5.41, 5.74) is 2.17. The Kier molecular flexibility index (Phi) is 9.52. The Bertz CT molecular complexity index is 897. The van der Waals surface area contributed by atoms with Crippen molar-refractivity contribution in [1.29, 1.82) is 5.26 Å². The van der Waals surface area contributed by atoms with Gasteiger partial charge < -0.3 is 16.0 Å². The van der Waals surface area contributed by atoms with Gasteiger partial charge in [-0.1, -0.05) is 50.8 Å². The third-order valence-electron chi connectivity index (χ3n) is 7.96. The Morgan fingerprint density at radius 2 is 1.86 bits per heavy atom. The fourth-order valence-corrected chi connectivity index (χ4v) is 8.35. The fraction of sp³-hybridized carbons (Fsp3) is 0.741. The summed E-state index contributed by atoms with van der Waals surface area (Å²) < 4.78 is 0. The minimum atomic E-state index is -0.204. The van der Waals surface area contributed by atoms with Crippen LogP contribution in [0.4, 0.5) is 0 Å². The first kappa shape index (κ1) is 26.5. The lowest BCUT2D eigenvalue weighted by Gasteiger charge is -2.34. The quantitative estimate of drug-likeness (QED) is 0.448. The summed E-state index contributed by atoms with van der Waals surface area (Å²) in [6, 6.07) is 2.93. The molecule has 4 rings (SSSR count). The second-order valence-electron chi connectivity index (χ2n) is 10.8. The highest BCUT2D eigenvalue weighted by molar-refractivity contribution is 8.03. The van der Waals surface area contributed by atoms with Crippen LogP contribution in [0.1, 0.15) is 78.1 Å². The van der Waals surface area contributed by atoms with Crippen molar-refractivity contribution in [3.8, 4) is 6.07 Å². The summed E-state index contributed by atoms with van der Waals surface area (Å²) in [6.45, 7) is 4.20. The second kappa shape index (κ2) is 12.6. The van der Waals surface area contributed by atoms with Gasteiger partial charge in [-0.2, -0.15) is 17.0 Å². The van der Waals surface area contributed by atoms with Gasteiger partial charge in [0.15, 0.2) is 0 Å². The van der Waals surface area contributed by atoms with Gasteiger partial charge in [-0.05, 0) is 62.4 Å². The molecule has 0 aromatic carbocycles. The number of nitrogens with zero attached hydrogens (tertiary/aromatic N) is 1. The van der Waals surface area contributed by atoms with Crippen LogP contribution in [0.5, 0.6) is 0 Å². The number of allylic oxidation sites excluding steroid dienone is 2. The molecule has 8 heteroatoms. The van der Waals surface area contributed by atoms with Crippen LogP contribution >= 0.6 is 23.5 Å². The van der Waals surface area contributed by atoms with Gasteiger partial charge in [0.2, 0.25) is 11.8 Å². The van der Waals surface area contributed by atoms with Crippen LogP contribution in [-0.2, 0) is 9.59 Å². The average Bonchev–Trinajstić information content (AvgIpc) is 3.37. The van der Waals surface area contributed by atoms with Gasteiger partial charge in [0, 0.05) is 29.3 Å². The van der Waals surface area contributed by atoms with Gasteiger partial charge in [-0.15, -0.1) is 0 Å². The van der Waals surface area contributed by atoms with Crippen molar-refractivity contribution < 1.29 is 9.59 Å². The van der Waals surface area contributed by atoms with Crippen molar-refractivity contribution in [3.63, 3.8) is 0 Å². The second-order valence-corrected chi connectivity index (χ2v) is 12.9. The molecule has 35 heavy (non-hydrogen) atoms. The maximum Gasteiger partial charge on any atom is 0.249 e. The lowest BCUT2D eigenvalue weighted by molar-refractivity contribution is -0.120. The summed E-state index contributed by atoms with van der Waals surface area (Å²) >= 11 is 3.30. The van der Waals surface area contributed by atoms with Gasteiger partial charge in [0.1, 0.15) is 0 Å². The number of hydrogen-bond donors (Lipinski definition) is 3. The van der Waals surface area contributed by atoms with Crippen LogP contribution in [-0.4, -0.2) is 41.2 Å². The van der Waals surface area contributed by atoms with E-state index >= 15 is 0 Å². The van der Waals surface area contributed by atoms with Crippen LogP contribution in [0.3, 0.4) is 0 Å². The molecule has 2 amide bonds. The standard InChI is InChI=1S/C27H40N4O2S2/c1-17-7-6-10-21(13-17)30-23(32)16-35-27-22(14-28)25(19-11-12-34-15-19)24(18(2)29-27)26(33)31-20-8-4-3-5-9-20/h17,19-21,25,29H,3-13,15-16H2,1-2H3,(H,30,32)(H,31,33). The number of dihydropyridines is 1. The molecule has 6 nitrogen and oxygen atoms in total. The van der Waals surface area contributed by atoms with Crippen molar-refractivity contribution in [1.82, 2.24) is 16.0 Å². The van der Waals surface area contributed by atoms with Gasteiger partial charge in [-0.3, -0.25) is 9.59 Å². The maximum absolute atomic E-state index is 13.5. The lowest BCUT2D eigenvalue weighted by atomic mass is 9.77. The zero-order valence-corrected chi connectivity index (χ0v) is 22.8. The predicted molar refractivity (Wildman–Crippen MR) is 144 cm³/mol. The van der Waals surface area contributed by atoms with Crippen molar-refractivity contribution in [2.45, 2.75) is 90.1 Å². The first-order valence-electron chi connectivity index (χ1n) is 13.4. The van der Waals surface area contributed by atoms with E-state index in [0.29, 0.717) is 11.5 Å². The maximum atomic E-state index is 13.5. The number of amides is 2. The molecule has 0 spiro atoms. The zero-order chi connectivity index (χ0) is 24.8. The highest BCUT2D eigenvalue weighted by Crippen LogP contribution is 2.43. The predicted octanol–water partition coefficient (Wildman–Crippen LogP) is 4.85. The monoisotopic (exact) mass is 516 g/mol. The molecular weight excluding hydrogens is 476 g/mol. The van der Waals surface area contributed by atoms with Crippen molar-refractivity contribution in [2.24, 2.45) is 17.8 Å². The van der Waals surface area contributed by atoms with E-state index in [1.54, 1.807) is 0 Å². The number of hydrogen-bond acceptors (Lipinski definition) is 6. The minimum Gasteiger partial charge on any atom is -0.353 e. The number of nitriles is 1. The Morgan fingerprint density at radius 1 is 1.09 bits per heavy atom. The molecule has 4 unspecified atom stereocenters. The summed E-state index contributed by atoms with van der Waals surface area (Å²) in [4.78, 5) is 26.2. The SMILES string of the molecule is CC1=C(C(=O)NC2CCCCC2)C(C2CCSC2)C(C#N)=C(SCC(=O)NC2CCCC(C)C2)N1. The average molecular weight is 517 g/mol. The number of carbonyl (C=O) groups is 2. The van der Waals surface area contributed by atoms with E-state index in [-0.39, 0.29) is 41.5 Å². The first-order chi connectivity index (χ1) is 17.0. The fourth-order valence-electron chi connectivity index (χ4n) is 6.14. The molecule has 4 aliphatic rings. The normalized spacial score (nSPS) is 30.0. The molecule has 4 atom stereocenters. The van der Waals surface area contributed by atoms with E-state index in [4.69, 9.17) is 0 Å². The van der Waals surface area contributed by atoms with E-state index in [2.05, 4.69) is 28.9 Å². The van der Waals surface area contributed by atoms with Crippen LogP contribution in [0.15, 0.2) is 21.9 Å². The molecule has 0 aromatic rings. The lowest BCUT2D eigenvalue weighted by Crippen LogP contribution is -2.43. The summed E-state index contributed by atoms with van der Waals surface area (Å²) in [7, 11) is 0. The molecule has 3 fully saturated rings. The van der Waals surface area contributed by atoms with E-state index < -0.39 is 0 Å². The third-order valence-corrected chi connectivity index (χ3v) is 10.2. The van der Waals surface area contributed by atoms with Crippen LogP contribution in [0.2, 0.25) is 0 Å². The van der Waals surface area contributed by atoms with Crippen LogP contribution < -0.4 is 16.0 Å². The molecule has 0 aromatic heterocycles. The van der Waals surface area contributed by atoms with Gasteiger partial charge in [0.25, 0.3) is 0 Å². The Balaban J connectivity index is 1.47. The van der Waals surface area contributed by atoms with Crippen molar-refractivity contribution in [2.75, 3.05) is 17.3 Å². The molecule has 0 radical (unpaired) electrons. The Labute approximate surface area is 218 Å². The Hall–Kier alpha value is -1.59. The molecule has 2 heterocycles. The number of nitrogens with one attached hydrogen (secondary N) is 3. The molecule has 1 saturated heterocycles. The van der Waals surface area contributed by atoms with E-state index in [1.807, 2.05) is 18.7 Å². The number of thioether (sulfide) groups is 2. The smallest absolute Gasteiger partial charge is 0.249 e. The van der Waals surface area contributed by atoms with Gasteiger partial charge in [-0.25, -0.2) is 0 Å². The van der Waals surface area contributed by atoms with Crippen molar-refractivity contribution >= 4 is 35.3 Å². The van der Waals surface area contributed by atoms with Crippen LogP contribution in [0, 0.1) is 29.1 Å². The largest absolute Gasteiger partial charge is 0.353 e. The topological polar surface area (TPSA) is 94.0 Å². The minimum absolute atomic E-state index is 0.0234. The molecule has 3 N–H and O–H groups in total. The van der Waals surface area contributed by atoms with Crippen LogP contribution in [0.25, 0.3) is 0 Å². The van der Waals surface area contributed by atoms with E-state index in [9.17, 15) is 14.9 Å². The number of rotatable bonds is 7. The Morgan fingerprint density at radius 3 is 2.54 bits per heavy atom. The molecule has 0 bridgehead atoms. The highest BCUT2D eigenvalue weighted by Gasteiger charge is 2.40. The third kappa shape index (κ3) is 6.80. The summed E-state index contributed by atoms with van der Waals surface area (Å²) in [5.74, 6) is 3.03. The van der Waals surface area contributed by atoms with Crippen molar-refractivity contribution in [3.05, 3.63) is 21.9 Å². The first-order valence-corrected chi connectivity index (χ1v) is 15.5. The van der Waals surface area contributed by atoms with E-state index in [1.165, 1.54) is 31.0 Å². The number of carbonyl (C=O) groups excluding carboxylic acids is 2. The molecule has 2 aliphatic heterocycles. The molecule has 2 saturated carbocycles. The summed E-state index contributed by atoms with van der Waals surface area (Å²) in [6.07, 6.45) is 11.1. The summed E-state index contributed by atoms with van der Waals surface area (Å²) in [5, 5.41) is 20.8.